The number of hydrogen-bond donors (Lipinski definition) is 2. The largest absolute Gasteiger partial charge is 0.481 e. The molecule has 0 saturated carbocycles. The lowest BCUT2D eigenvalue weighted by molar-refractivity contribution is 0.0524. The van der Waals surface area contributed by atoms with Crippen LogP contribution in [0.1, 0.15) is 17.3 Å². The van der Waals surface area contributed by atoms with Gasteiger partial charge in [-0.3, -0.25) is 5.32 Å². The van der Waals surface area contributed by atoms with Crippen molar-refractivity contribution in [3.63, 3.8) is 0 Å². The van der Waals surface area contributed by atoms with E-state index >= 15 is 0 Å². The number of esters is 1. The van der Waals surface area contributed by atoms with Crippen molar-refractivity contribution < 1.29 is 36.4 Å². The Morgan fingerprint density at radius 1 is 1.17 bits per heavy atom. The van der Waals surface area contributed by atoms with Crippen LogP contribution in [-0.2, 0) is 22.1 Å². The molecule has 0 unspecified atom stereocenters. The van der Waals surface area contributed by atoms with E-state index in [0.29, 0.717) is 0 Å². The third kappa shape index (κ3) is 5.68. The van der Waals surface area contributed by atoms with E-state index in [9.17, 15) is 18.0 Å². The topological polar surface area (TPSA) is 173 Å². The maximum Gasteiger partial charge on any atom is 0.412 e. The van der Waals surface area contributed by atoms with Crippen molar-refractivity contribution in [1.29, 1.82) is 0 Å². The number of methoxy groups -OCH3 is 2. The van der Waals surface area contributed by atoms with Gasteiger partial charge >= 0.3 is 22.3 Å². The molecule has 2 aromatic heterocycles. The smallest absolute Gasteiger partial charge is 0.412 e. The lowest BCUT2D eigenvalue weighted by Crippen LogP contribution is -2.38. The number of aromatic nitrogens is 4. The SMILES string of the molecule is CCOC(=O)c1cnn(C)c1OS(=O)(=O)NC(=O)Nc1nc(OC)cc(OC)n1. The van der Waals surface area contributed by atoms with Crippen LogP contribution in [0.15, 0.2) is 12.3 Å². The number of hydrogen-bond acceptors (Lipinski definition) is 11. The second-order valence-electron chi connectivity index (χ2n) is 5.08. The maximum atomic E-state index is 12.2. The summed E-state index contributed by atoms with van der Waals surface area (Å²) in [5.41, 5.74) is -0.235. The molecule has 14 nitrogen and oxygen atoms in total. The average molecular weight is 430 g/mol. The van der Waals surface area contributed by atoms with Crippen LogP contribution in [0.4, 0.5) is 10.7 Å². The van der Waals surface area contributed by atoms with Crippen molar-refractivity contribution in [3.8, 4) is 17.6 Å². The highest BCUT2D eigenvalue weighted by molar-refractivity contribution is 7.85. The minimum Gasteiger partial charge on any atom is -0.481 e. The molecule has 0 atom stereocenters. The van der Waals surface area contributed by atoms with Gasteiger partial charge in [0.2, 0.25) is 23.6 Å². The Morgan fingerprint density at radius 3 is 2.34 bits per heavy atom. The molecule has 0 spiro atoms. The summed E-state index contributed by atoms with van der Waals surface area (Å²) in [6, 6.07) is 0.113. The molecule has 0 radical (unpaired) electrons. The van der Waals surface area contributed by atoms with Crippen molar-refractivity contribution in [3.05, 3.63) is 17.8 Å². The molecule has 2 amide bonds. The predicted molar refractivity (Wildman–Crippen MR) is 96.0 cm³/mol. The summed E-state index contributed by atoms with van der Waals surface area (Å²) in [4.78, 5) is 31.5. The number of carbonyl (C=O) groups is 2. The summed E-state index contributed by atoms with van der Waals surface area (Å²) in [6.07, 6.45) is 1.07. The number of urea groups is 1. The first-order chi connectivity index (χ1) is 13.7. The lowest BCUT2D eigenvalue weighted by atomic mass is 10.3. The first kappa shape index (κ1) is 21.7. The quantitative estimate of drug-likeness (QED) is 0.533. The molecule has 0 aliphatic carbocycles. The Hall–Kier alpha value is -3.62. The Balaban J connectivity index is 2.13. The Morgan fingerprint density at radius 2 is 1.79 bits per heavy atom. The standard InChI is InChI=1S/C14H18N6O8S/c1-5-27-12(21)8-7-15-20(2)11(8)28-29(23,24)19-14(22)18-13-16-9(25-3)6-10(17-13)26-4/h6-7H,5H2,1-4H3,(H2,16,17,18,19,22). The molecule has 15 heteroatoms. The average Bonchev–Trinajstić information content (AvgIpc) is 3.00. The van der Waals surface area contributed by atoms with Gasteiger partial charge in [0.05, 0.1) is 33.1 Å². The summed E-state index contributed by atoms with van der Waals surface area (Å²) in [6.45, 7) is 1.64. The molecule has 2 heterocycles. The van der Waals surface area contributed by atoms with E-state index in [0.717, 1.165) is 10.9 Å². The maximum absolute atomic E-state index is 12.2. The van der Waals surface area contributed by atoms with Gasteiger partial charge in [-0.15, -0.1) is 0 Å². The molecule has 2 aromatic rings. The Bertz CT molecular complexity index is 983. The Labute approximate surface area is 165 Å². The number of nitrogens with zero attached hydrogens (tertiary/aromatic N) is 4. The normalized spacial score (nSPS) is 10.8. The third-order valence-electron chi connectivity index (χ3n) is 3.11. The fraction of sp³-hybridized carbons (Fsp3) is 0.357. The molecular formula is C14H18N6O8S. The van der Waals surface area contributed by atoms with Gasteiger partial charge in [0.25, 0.3) is 0 Å². The van der Waals surface area contributed by atoms with Gasteiger partial charge < -0.3 is 18.4 Å². The van der Waals surface area contributed by atoms with Crippen LogP contribution in [-0.4, -0.2) is 61.0 Å². The number of aryl methyl sites for hydroxylation is 1. The zero-order valence-electron chi connectivity index (χ0n) is 15.8. The molecule has 158 valence electrons. The van der Waals surface area contributed by atoms with Crippen LogP contribution < -0.4 is 23.7 Å². The minimum atomic E-state index is -4.70. The van der Waals surface area contributed by atoms with Crippen LogP contribution in [0.25, 0.3) is 0 Å². The van der Waals surface area contributed by atoms with E-state index in [1.165, 1.54) is 27.3 Å². The van der Waals surface area contributed by atoms with E-state index in [4.69, 9.17) is 18.4 Å². The van der Waals surface area contributed by atoms with E-state index in [1.807, 2.05) is 0 Å². The molecular weight excluding hydrogens is 412 g/mol. The fourth-order valence-corrected chi connectivity index (χ4v) is 2.63. The van der Waals surface area contributed by atoms with Crippen LogP contribution in [0, 0.1) is 0 Å². The molecule has 2 N–H and O–H groups in total. The van der Waals surface area contributed by atoms with Gasteiger partial charge in [0.1, 0.15) is 5.56 Å². The van der Waals surface area contributed by atoms with Crippen LogP contribution in [0.2, 0.25) is 0 Å². The van der Waals surface area contributed by atoms with Crippen molar-refractivity contribution in [1.82, 2.24) is 24.5 Å². The number of nitrogens with one attached hydrogen (secondary N) is 2. The van der Waals surface area contributed by atoms with E-state index in [1.54, 1.807) is 11.6 Å². The van der Waals surface area contributed by atoms with Crippen molar-refractivity contribution >= 4 is 28.3 Å². The highest BCUT2D eigenvalue weighted by Crippen LogP contribution is 2.20. The van der Waals surface area contributed by atoms with Gasteiger partial charge in [0, 0.05) is 7.05 Å². The molecule has 0 bridgehead atoms. The first-order valence-electron chi connectivity index (χ1n) is 7.88. The zero-order chi connectivity index (χ0) is 21.6. The fourth-order valence-electron chi connectivity index (χ4n) is 1.91. The third-order valence-corrected chi connectivity index (χ3v) is 3.92. The number of anilines is 1. The summed E-state index contributed by atoms with van der Waals surface area (Å²) >= 11 is 0. The molecule has 0 aromatic carbocycles. The van der Waals surface area contributed by atoms with Crippen molar-refractivity contribution in [2.24, 2.45) is 7.05 Å². The molecule has 0 aliphatic heterocycles. The van der Waals surface area contributed by atoms with Crippen LogP contribution in [0.3, 0.4) is 0 Å². The molecule has 0 aliphatic rings. The summed E-state index contributed by atoms with van der Waals surface area (Å²) in [5.74, 6) is -1.43. The van der Waals surface area contributed by atoms with Gasteiger partial charge in [0.15, 0.2) is 0 Å². The predicted octanol–water partition coefficient (Wildman–Crippen LogP) is -0.151. The molecule has 2 rings (SSSR count). The number of amides is 2. The summed E-state index contributed by atoms with van der Waals surface area (Å²) < 4.78 is 46.3. The second kappa shape index (κ2) is 9.05. The number of rotatable bonds is 8. The molecule has 0 saturated heterocycles. The Kier molecular flexibility index (Phi) is 6.76. The van der Waals surface area contributed by atoms with Gasteiger partial charge in [-0.05, 0) is 6.92 Å². The van der Waals surface area contributed by atoms with Crippen molar-refractivity contribution in [2.75, 3.05) is 26.1 Å². The zero-order valence-corrected chi connectivity index (χ0v) is 16.6. The highest BCUT2D eigenvalue weighted by Gasteiger charge is 2.26. The van der Waals surface area contributed by atoms with Gasteiger partial charge in [-0.1, -0.05) is 0 Å². The second-order valence-corrected chi connectivity index (χ2v) is 6.36. The van der Waals surface area contributed by atoms with Gasteiger partial charge in [-0.25, -0.2) is 19.0 Å². The van der Waals surface area contributed by atoms with Crippen molar-refractivity contribution in [2.45, 2.75) is 6.92 Å². The van der Waals surface area contributed by atoms with Gasteiger partial charge in [-0.2, -0.15) is 23.5 Å². The van der Waals surface area contributed by atoms with E-state index in [-0.39, 0.29) is 29.9 Å². The molecule has 29 heavy (non-hydrogen) atoms. The van der Waals surface area contributed by atoms with Crippen LogP contribution >= 0.6 is 0 Å². The van der Waals surface area contributed by atoms with E-state index in [2.05, 4.69) is 20.4 Å². The summed E-state index contributed by atoms with van der Waals surface area (Å²) in [7, 11) is -0.696. The lowest BCUT2D eigenvalue weighted by Gasteiger charge is -2.11. The summed E-state index contributed by atoms with van der Waals surface area (Å²) in [5, 5.41) is 5.83. The number of carbonyl (C=O) groups excluding carboxylic acids is 2. The van der Waals surface area contributed by atoms with E-state index < -0.39 is 28.2 Å². The van der Waals surface area contributed by atoms with Crippen LogP contribution in [0.5, 0.6) is 17.6 Å². The molecule has 0 fully saturated rings. The minimum absolute atomic E-state index is 0.0601. The first-order valence-corrected chi connectivity index (χ1v) is 9.29. The highest BCUT2D eigenvalue weighted by atomic mass is 32.2. The monoisotopic (exact) mass is 430 g/mol. The number of ether oxygens (including phenoxy) is 3.